The number of aryl methyl sites for hydroxylation is 3. The number of carbonyl (C=O) groups is 1. The number of pyridine rings is 1. The Morgan fingerprint density at radius 1 is 1.38 bits per heavy atom. The largest absolute Gasteiger partial charge is 0.369 e. The third-order valence-corrected chi connectivity index (χ3v) is 4.56. The van der Waals surface area contributed by atoms with E-state index < -0.39 is 0 Å². The van der Waals surface area contributed by atoms with E-state index in [0.29, 0.717) is 18.7 Å². The van der Waals surface area contributed by atoms with Gasteiger partial charge in [0.1, 0.15) is 0 Å². The summed E-state index contributed by atoms with van der Waals surface area (Å²) in [6.07, 6.45) is 0.743. The van der Waals surface area contributed by atoms with Crippen LogP contribution in [0.2, 0.25) is 0 Å². The van der Waals surface area contributed by atoms with Gasteiger partial charge in [0.2, 0.25) is 0 Å². The van der Waals surface area contributed by atoms with Crippen molar-refractivity contribution in [2.24, 2.45) is 7.05 Å². The number of ether oxygens (including phenoxy) is 1. The molecular weight excluding hydrogens is 304 g/mol. The van der Waals surface area contributed by atoms with Crippen LogP contribution in [0.25, 0.3) is 0 Å². The lowest BCUT2D eigenvalue weighted by Gasteiger charge is -2.26. The maximum atomic E-state index is 12.6. The summed E-state index contributed by atoms with van der Waals surface area (Å²) in [5.74, 6) is -0.159. The fourth-order valence-corrected chi connectivity index (χ4v) is 3.26. The summed E-state index contributed by atoms with van der Waals surface area (Å²) >= 11 is 0. The first kappa shape index (κ1) is 16.6. The summed E-state index contributed by atoms with van der Waals surface area (Å²) in [7, 11) is 1.86. The minimum Gasteiger partial charge on any atom is -0.369 e. The van der Waals surface area contributed by atoms with E-state index in [1.807, 2.05) is 46.9 Å². The van der Waals surface area contributed by atoms with Gasteiger partial charge in [-0.15, -0.1) is 0 Å². The zero-order valence-electron chi connectivity index (χ0n) is 14.9. The molecule has 24 heavy (non-hydrogen) atoms. The van der Waals surface area contributed by atoms with Gasteiger partial charge in [0.05, 0.1) is 30.1 Å². The van der Waals surface area contributed by atoms with Gasteiger partial charge >= 0.3 is 0 Å². The van der Waals surface area contributed by atoms with Crippen LogP contribution in [0.1, 0.15) is 58.6 Å². The second-order valence-corrected chi connectivity index (χ2v) is 6.52. The molecule has 0 unspecified atom stereocenters. The van der Waals surface area contributed by atoms with Crippen molar-refractivity contribution in [1.82, 2.24) is 20.1 Å². The van der Waals surface area contributed by atoms with Crippen molar-refractivity contribution in [3.05, 3.63) is 46.0 Å². The molecule has 2 aromatic rings. The standard InChI is InChI=1S/C18H24N4O2/c1-10-6-7-14(20-12(10)3)9-19-18(23)16-15-8-11(2)24-13(4)17(15)22(5)21-16/h6-7,11,13H,8-9H2,1-5H3,(H,19,23)/t11-,13+/m1/s1. The van der Waals surface area contributed by atoms with Crippen LogP contribution in [0.3, 0.4) is 0 Å². The second kappa shape index (κ2) is 6.36. The van der Waals surface area contributed by atoms with Crippen LogP contribution in [-0.2, 0) is 24.8 Å². The molecule has 128 valence electrons. The highest BCUT2D eigenvalue weighted by atomic mass is 16.5. The highest BCUT2D eigenvalue weighted by Gasteiger charge is 2.31. The first-order valence-corrected chi connectivity index (χ1v) is 8.29. The highest BCUT2D eigenvalue weighted by Crippen LogP contribution is 2.31. The Bertz CT molecular complexity index is 782. The molecule has 0 radical (unpaired) electrons. The van der Waals surface area contributed by atoms with Crippen LogP contribution < -0.4 is 5.32 Å². The van der Waals surface area contributed by atoms with Crippen molar-refractivity contribution >= 4 is 5.91 Å². The van der Waals surface area contributed by atoms with Gasteiger partial charge in [0.15, 0.2) is 5.69 Å². The molecule has 3 rings (SSSR count). The molecule has 2 aromatic heterocycles. The Kier molecular flexibility index (Phi) is 4.41. The Morgan fingerprint density at radius 3 is 2.83 bits per heavy atom. The van der Waals surface area contributed by atoms with E-state index in [9.17, 15) is 4.79 Å². The predicted molar refractivity (Wildman–Crippen MR) is 90.8 cm³/mol. The lowest BCUT2D eigenvalue weighted by atomic mass is 9.99. The van der Waals surface area contributed by atoms with Crippen molar-refractivity contribution < 1.29 is 9.53 Å². The average molecular weight is 328 g/mol. The molecule has 1 aliphatic heterocycles. The van der Waals surface area contributed by atoms with E-state index in [0.717, 1.165) is 28.2 Å². The molecule has 1 N–H and O–H groups in total. The number of aromatic nitrogens is 3. The Morgan fingerprint density at radius 2 is 2.12 bits per heavy atom. The SMILES string of the molecule is Cc1ccc(CNC(=O)c2nn(C)c3c2C[C@@H](C)O[C@H]3C)nc1C. The molecule has 3 heterocycles. The number of carbonyl (C=O) groups excluding carboxylic acids is 1. The van der Waals surface area contributed by atoms with Crippen LogP contribution in [0.15, 0.2) is 12.1 Å². The number of fused-ring (bicyclic) bond motifs is 1. The van der Waals surface area contributed by atoms with Gasteiger partial charge in [0.25, 0.3) is 5.91 Å². The van der Waals surface area contributed by atoms with Gasteiger partial charge in [0, 0.05) is 24.7 Å². The molecule has 0 bridgehead atoms. The number of nitrogens with one attached hydrogen (secondary N) is 1. The minimum absolute atomic E-state index is 0.0517. The first-order valence-electron chi connectivity index (χ1n) is 8.29. The minimum atomic E-state index is -0.159. The van der Waals surface area contributed by atoms with Crippen molar-refractivity contribution in [2.75, 3.05) is 0 Å². The van der Waals surface area contributed by atoms with Crippen LogP contribution in [-0.4, -0.2) is 26.8 Å². The molecule has 1 aliphatic rings. The van der Waals surface area contributed by atoms with E-state index in [4.69, 9.17) is 4.74 Å². The van der Waals surface area contributed by atoms with E-state index in [1.165, 1.54) is 0 Å². The normalized spacial score (nSPS) is 19.9. The number of nitrogens with zero attached hydrogens (tertiary/aromatic N) is 3. The van der Waals surface area contributed by atoms with Gasteiger partial charge in [-0.05, 0) is 39.3 Å². The maximum absolute atomic E-state index is 12.6. The van der Waals surface area contributed by atoms with Crippen molar-refractivity contribution in [3.8, 4) is 0 Å². The topological polar surface area (TPSA) is 69.0 Å². The molecule has 6 heteroatoms. The van der Waals surface area contributed by atoms with E-state index >= 15 is 0 Å². The number of amides is 1. The Labute approximate surface area is 142 Å². The summed E-state index contributed by atoms with van der Waals surface area (Å²) in [5, 5.41) is 7.36. The summed E-state index contributed by atoms with van der Waals surface area (Å²) in [4.78, 5) is 17.1. The van der Waals surface area contributed by atoms with Crippen molar-refractivity contribution in [2.45, 2.75) is 52.9 Å². The quantitative estimate of drug-likeness (QED) is 0.939. The summed E-state index contributed by atoms with van der Waals surface area (Å²) < 4.78 is 7.60. The first-order chi connectivity index (χ1) is 11.4. The Balaban J connectivity index is 1.78. The molecule has 1 amide bonds. The van der Waals surface area contributed by atoms with Crippen molar-refractivity contribution in [1.29, 1.82) is 0 Å². The molecule has 0 aliphatic carbocycles. The lowest BCUT2D eigenvalue weighted by molar-refractivity contribution is -0.00903. The zero-order chi connectivity index (χ0) is 17.4. The fourth-order valence-electron chi connectivity index (χ4n) is 3.26. The van der Waals surface area contributed by atoms with Crippen LogP contribution in [0.4, 0.5) is 0 Å². The molecule has 2 atom stereocenters. The van der Waals surface area contributed by atoms with Crippen LogP contribution >= 0.6 is 0 Å². The Hall–Kier alpha value is -2.21. The summed E-state index contributed by atoms with van der Waals surface area (Å²) in [6.45, 7) is 8.41. The molecule has 0 saturated carbocycles. The monoisotopic (exact) mass is 328 g/mol. The zero-order valence-corrected chi connectivity index (χ0v) is 14.9. The molecule has 6 nitrogen and oxygen atoms in total. The fraction of sp³-hybridized carbons (Fsp3) is 0.500. The lowest BCUT2D eigenvalue weighted by Crippen LogP contribution is -2.27. The third kappa shape index (κ3) is 3.06. The summed E-state index contributed by atoms with van der Waals surface area (Å²) in [6, 6.07) is 3.96. The smallest absolute Gasteiger partial charge is 0.272 e. The van der Waals surface area contributed by atoms with E-state index in [2.05, 4.69) is 15.4 Å². The average Bonchev–Trinajstić information content (AvgIpc) is 2.85. The second-order valence-electron chi connectivity index (χ2n) is 6.52. The van der Waals surface area contributed by atoms with Gasteiger partial charge in [-0.2, -0.15) is 5.10 Å². The van der Waals surface area contributed by atoms with Gasteiger partial charge in [-0.3, -0.25) is 14.5 Å². The number of rotatable bonds is 3. The molecule has 0 fully saturated rings. The van der Waals surface area contributed by atoms with E-state index in [-0.39, 0.29) is 18.1 Å². The number of hydrogen-bond acceptors (Lipinski definition) is 4. The summed E-state index contributed by atoms with van der Waals surface area (Å²) in [5.41, 5.74) is 5.46. The molecule has 0 spiro atoms. The van der Waals surface area contributed by atoms with Gasteiger partial charge in [-0.25, -0.2) is 0 Å². The predicted octanol–water partition coefficient (Wildman–Crippen LogP) is 2.38. The molecule has 0 saturated heterocycles. The third-order valence-electron chi connectivity index (χ3n) is 4.56. The van der Waals surface area contributed by atoms with Crippen LogP contribution in [0, 0.1) is 13.8 Å². The van der Waals surface area contributed by atoms with Crippen molar-refractivity contribution in [3.63, 3.8) is 0 Å². The van der Waals surface area contributed by atoms with E-state index in [1.54, 1.807) is 4.68 Å². The van der Waals surface area contributed by atoms with Gasteiger partial charge < -0.3 is 10.1 Å². The van der Waals surface area contributed by atoms with Gasteiger partial charge in [-0.1, -0.05) is 6.07 Å². The maximum Gasteiger partial charge on any atom is 0.272 e. The number of hydrogen-bond donors (Lipinski definition) is 1. The highest BCUT2D eigenvalue weighted by molar-refractivity contribution is 5.94. The molecular formula is C18H24N4O2. The van der Waals surface area contributed by atoms with Crippen LogP contribution in [0.5, 0.6) is 0 Å². The molecule has 0 aromatic carbocycles.